The summed E-state index contributed by atoms with van der Waals surface area (Å²) < 4.78 is 0. The van der Waals surface area contributed by atoms with Crippen molar-refractivity contribution in [3.63, 3.8) is 0 Å². The lowest BCUT2D eigenvalue weighted by atomic mass is 9.92. The van der Waals surface area contributed by atoms with Gasteiger partial charge in [0.15, 0.2) is 5.82 Å². The van der Waals surface area contributed by atoms with Crippen molar-refractivity contribution in [2.24, 2.45) is 24.8 Å². The maximum Gasteiger partial charge on any atom is 0.176 e. The standard InChI is InChI=1S/C13H23N5/c1-3-4-14-12(8-13-15-17-18(2)16-13)11-6-9-5-10(9)7-11/h9-12,14H,3-8H2,1-2H3. The molecule has 100 valence electrons. The first-order valence-electron chi connectivity index (χ1n) is 7.22. The summed E-state index contributed by atoms with van der Waals surface area (Å²) in [5, 5.41) is 16.1. The van der Waals surface area contributed by atoms with Gasteiger partial charge in [0.1, 0.15) is 0 Å². The van der Waals surface area contributed by atoms with Gasteiger partial charge in [0.05, 0.1) is 7.05 Å². The van der Waals surface area contributed by atoms with Crippen LogP contribution < -0.4 is 5.32 Å². The van der Waals surface area contributed by atoms with E-state index in [-0.39, 0.29) is 0 Å². The maximum absolute atomic E-state index is 4.31. The first kappa shape index (κ1) is 12.1. The molecule has 0 saturated heterocycles. The Bertz CT molecular complexity index is 392. The zero-order chi connectivity index (χ0) is 12.5. The van der Waals surface area contributed by atoms with Crippen LogP contribution in [0, 0.1) is 17.8 Å². The Kier molecular flexibility index (Phi) is 3.33. The molecular formula is C13H23N5. The Morgan fingerprint density at radius 2 is 2.11 bits per heavy atom. The molecule has 1 aromatic rings. The lowest BCUT2D eigenvalue weighted by molar-refractivity contribution is 0.328. The van der Waals surface area contributed by atoms with Crippen LogP contribution in [0.3, 0.4) is 0 Å². The van der Waals surface area contributed by atoms with E-state index in [1.54, 1.807) is 4.80 Å². The van der Waals surface area contributed by atoms with Gasteiger partial charge < -0.3 is 5.32 Å². The molecule has 1 heterocycles. The van der Waals surface area contributed by atoms with Crippen molar-refractivity contribution in [3.05, 3.63) is 5.82 Å². The van der Waals surface area contributed by atoms with Gasteiger partial charge in [0, 0.05) is 12.5 Å². The van der Waals surface area contributed by atoms with Gasteiger partial charge in [-0.15, -0.1) is 10.2 Å². The Labute approximate surface area is 108 Å². The first-order valence-corrected chi connectivity index (χ1v) is 7.22. The molecule has 2 aliphatic carbocycles. The van der Waals surface area contributed by atoms with E-state index < -0.39 is 0 Å². The minimum atomic E-state index is 0.543. The highest BCUT2D eigenvalue weighted by Crippen LogP contribution is 2.55. The van der Waals surface area contributed by atoms with E-state index in [9.17, 15) is 0 Å². The zero-order valence-corrected chi connectivity index (χ0v) is 11.3. The van der Waals surface area contributed by atoms with Crippen molar-refractivity contribution in [1.29, 1.82) is 0 Å². The summed E-state index contributed by atoms with van der Waals surface area (Å²) in [5.74, 6) is 3.78. The third-order valence-corrected chi connectivity index (χ3v) is 4.46. The number of fused-ring (bicyclic) bond motifs is 1. The van der Waals surface area contributed by atoms with E-state index in [2.05, 4.69) is 27.7 Å². The van der Waals surface area contributed by atoms with Crippen LogP contribution in [0.2, 0.25) is 0 Å². The van der Waals surface area contributed by atoms with Crippen LogP contribution in [-0.4, -0.2) is 32.8 Å². The van der Waals surface area contributed by atoms with Crippen LogP contribution in [0.5, 0.6) is 0 Å². The van der Waals surface area contributed by atoms with Crippen LogP contribution in [0.15, 0.2) is 0 Å². The van der Waals surface area contributed by atoms with Gasteiger partial charge in [0.25, 0.3) is 0 Å². The highest BCUT2D eigenvalue weighted by Gasteiger charge is 2.47. The third-order valence-electron chi connectivity index (χ3n) is 4.46. The second-order valence-electron chi connectivity index (χ2n) is 5.95. The van der Waals surface area contributed by atoms with Gasteiger partial charge in [-0.1, -0.05) is 6.92 Å². The highest BCUT2D eigenvalue weighted by molar-refractivity contribution is 5.01. The molecule has 2 saturated carbocycles. The van der Waals surface area contributed by atoms with Crippen molar-refractivity contribution >= 4 is 0 Å². The summed E-state index contributed by atoms with van der Waals surface area (Å²) >= 11 is 0. The van der Waals surface area contributed by atoms with Gasteiger partial charge >= 0.3 is 0 Å². The summed E-state index contributed by atoms with van der Waals surface area (Å²) in [6.45, 7) is 3.31. The van der Waals surface area contributed by atoms with E-state index >= 15 is 0 Å². The van der Waals surface area contributed by atoms with Crippen molar-refractivity contribution in [1.82, 2.24) is 25.5 Å². The fraction of sp³-hybridized carbons (Fsp3) is 0.923. The molecule has 1 aromatic heterocycles. The maximum atomic E-state index is 4.31. The van der Waals surface area contributed by atoms with E-state index in [1.165, 1.54) is 25.7 Å². The van der Waals surface area contributed by atoms with Gasteiger partial charge in [0.2, 0.25) is 0 Å². The molecule has 0 amide bonds. The van der Waals surface area contributed by atoms with Crippen molar-refractivity contribution in [3.8, 4) is 0 Å². The van der Waals surface area contributed by atoms with Crippen molar-refractivity contribution < 1.29 is 0 Å². The number of nitrogens with zero attached hydrogens (tertiary/aromatic N) is 4. The summed E-state index contributed by atoms with van der Waals surface area (Å²) in [6, 6.07) is 0.543. The second kappa shape index (κ2) is 4.96. The Morgan fingerprint density at radius 3 is 2.72 bits per heavy atom. The molecule has 0 aliphatic heterocycles. The van der Waals surface area contributed by atoms with Gasteiger partial charge in [-0.2, -0.15) is 4.80 Å². The highest BCUT2D eigenvalue weighted by atomic mass is 15.6. The van der Waals surface area contributed by atoms with Crippen molar-refractivity contribution in [2.45, 2.75) is 45.1 Å². The van der Waals surface area contributed by atoms with Crippen LogP contribution in [0.25, 0.3) is 0 Å². The predicted octanol–water partition coefficient (Wildman–Crippen LogP) is 1.17. The van der Waals surface area contributed by atoms with Gasteiger partial charge in [-0.25, -0.2) is 0 Å². The quantitative estimate of drug-likeness (QED) is 0.822. The largest absolute Gasteiger partial charge is 0.313 e. The summed E-state index contributed by atoms with van der Waals surface area (Å²) in [5.41, 5.74) is 0. The Morgan fingerprint density at radius 1 is 1.33 bits per heavy atom. The SMILES string of the molecule is CCCNC(Cc1nnn(C)n1)C1CC2CC2C1. The van der Waals surface area contributed by atoms with E-state index in [1.807, 2.05) is 7.05 Å². The summed E-state index contributed by atoms with van der Waals surface area (Å²) in [6.07, 6.45) is 6.42. The summed E-state index contributed by atoms with van der Waals surface area (Å²) in [7, 11) is 1.83. The summed E-state index contributed by atoms with van der Waals surface area (Å²) in [4.78, 5) is 1.55. The first-order chi connectivity index (χ1) is 8.76. The fourth-order valence-electron chi connectivity index (χ4n) is 3.43. The lowest BCUT2D eigenvalue weighted by Crippen LogP contribution is -2.38. The molecule has 0 spiro atoms. The normalized spacial score (nSPS) is 31.3. The van der Waals surface area contributed by atoms with Gasteiger partial charge in [-0.3, -0.25) is 0 Å². The molecule has 3 rings (SSSR count). The van der Waals surface area contributed by atoms with E-state index in [4.69, 9.17) is 0 Å². The molecule has 3 atom stereocenters. The predicted molar refractivity (Wildman–Crippen MR) is 68.9 cm³/mol. The molecule has 0 bridgehead atoms. The molecular weight excluding hydrogens is 226 g/mol. The van der Waals surface area contributed by atoms with Crippen LogP contribution >= 0.6 is 0 Å². The number of hydrogen-bond donors (Lipinski definition) is 1. The number of rotatable bonds is 6. The van der Waals surface area contributed by atoms with Crippen LogP contribution in [-0.2, 0) is 13.5 Å². The number of aromatic nitrogens is 4. The molecule has 2 fully saturated rings. The lowest BCUT2D eigenvalue weighted by Gasteiger charge is -2.24. The minimum Gasteiger partial charge on any atom is -0.313 e. The molecule has 0 aromatic carbocycles. The number of nitrogens with one attached hydrogen (secondary N) is 1. The number of aryl methyl sites for hydroxylation is 1. The van der Waals surface area contributed by atoms with E-state index in [0.717, 1.165) is 36.5 Å². The van der Waals surface area contributed by atoms with Gasteiger partial charge in [-0.05, 0) is 55.2 Å². The van der Waals surface area contributed by atoms with Crippen molar-refractivity contribution in [2.75, 3.05) is 6.54 Å². The smallest absolute Gasteiger partial charge is 0.176 e. The fourth-order valence-corrected chi connectivity index (χ4v) is 3.43. The Hall–Kier alpha value is -0.970. The molecule has 18 heavy (non-hydrogen) atoms. The minimum absolute atomic E-state index is 0.543. The van der Waals surface area contributed by atoms with E-state index in [0.29, 0.717) is 6.04 Å². The molecule has 5 nitrogen and oxygen atoms in total. The van der Waals surface area contributed by atoms with Crippen LogP contribution in [0.4, 0.5) is 0 Å². The molecule has 2 aliphatic rings. The number of tetrazole rings is 1. The second-order valence-corrected chi connectivity index (χ2v) is 5.95. The topological polar surface area (TPSA) is 55.6 Å². The average Bonchev–Trinajstić information content (AvgIpc) is 2.78. The Balaban J connectivity index is 1.61. The molecule has 0 radical (unpaired) electrons. The third kappa shape index (κ3) is 2.55. The number of hydrogen-bond acceptors (Lipinski definition) is 4. The molecule has 3 unspecified atom stereocenters. The zero-order valence-electron chi connectivity index (χ0n) is 11.3. The van der Waals surface area contributed by atoms with Crippen LogP contribution in [0.1, 0.15) is 38.4 Å². The average molecular weight is 249 g/mol. The monoisotopic (exact) mass is 249 g/mol. The molecule has 5 heteroatoms. The molecule has 1 N–H and O–H groups in total.